The highest BCUT2D eigenvalue weighted by Gasteiger charge is 2.27. The summed E-state index contributed by atoms with van der Waals surface area (Å²) in [7, 11) is 1.63. The van der Waals surface area contributed by atoms with Gasteiger partial charge in [0.1, 0.15) is 28.9 Å². The van der Waals surface area contributed by atoms with E-state index in [-0.39, 0.29) is 0 Å². The van der Waals surface area contributed by atoms with E-state index in [0.717, 1.165) is 30.2 Å². The third kappa shape index (κ3) is 4.14. The Bertz CT molecular complexity index is 1230. The third-order valence-corrected chi connectivity index (χ3v) is 5.90. The summed E-state index contributed by atoms with van der Waals surface area (Å²) in [6, 6.07) is 9.58. The van der Waals surface area contributed by atoms with Crippen molar-refractivity contribution in [3.8, 4) is 5.75 Å². The van der Waals surface area contributed by atoms with Gasteiger partial charge in [0.05, 0.1) is 7.11 Å². The molecule has 2 N–H and O–H groups in total. The van der Waals surface area contributed by atoms with Crippen molar-refractivity contribution < 1.29 is 4.74 Å². The van der Waals surface area contributed by atoms with Crippen LogP contribution in [0.25, 0.3) is 5.65 Å². The van der Waals surface area contributed by atoms with Gasteiger partial charge in [-0.1, -0.05) is 13.8 Å². The number of anilines is 5. The topological polar surface area (TPSA) is 92.5 Å². The fourth-order valence-electron chi connectivity index (χ4n) is 3.89. The van der Waals surface area contributed by atoms with Gasteiger partial charge in [-0.05, 0) is 24.0 Å². The first-order chi connectivity index (χ1) is 15.6. The average Bonchev–Trinajstić information content (AvgIpc) is 3.39. The van der Waals surface area contributed by atoms with Gasteiger partial charge in [-0.2, -0.15) is 9.97 Å². The Hall–Kier alpha value is -3.88. The molecule has 0 bridgehead atoms. The molecule has 1 saturated heterocycles. The summed E-state index contributed by atoms with van der Waals surface area (Å²) in [6.07, 6.45) is 7.35. The quantitative estimate of drug-likeness (QED) is 0.472. The maximum atomic E-state index is 5.30. The molecule has 0 amide bonds. The summed E-state index contributed by atoms with van der Waals surface area (Å²) >= 11 is 0. The molecule has 5 rings (SSSR count). The van der Waals surface area contributed by atoms with Crippen LogP contribution in [-0.2, 0) is 0 Å². The molecule has 4 aromatic heterocycles. The number of aromatic nitrogens is 5. The van der Waals surface area contributed by atoms with E-state index in [2.05, 4.69) is 44.3 Å². The highest BCUT2D eigenvalue weighted by molar-refractivity contribution is 5.66. The summed E-state index contributed by atoms with van der Waals surface area (Å²) in [5.74, 6) is 4.61. The smallest absolute Gasteiger partial charge is 0.232 e. The SMILES string of the molecule is COc1ccnc(Nc2nc(Nc3ccn4ccnc4c3)cc(N3C[C@@H](C)[C@H](C)C3)n2)c1. The number of fused-ring (bicyclic) bond motifs is 1. The second-order valence-corrected chi connectivity index (χ2v) is 8.23. The standard InChI is InChI=1S/C23H26N8O/c1-15-13-31(14-16(15)2)22-12-20(26-17-5-8-30-9-7-25-21(30)10-17)28-23(29-22)27-19-11-18(32-3)4-6-24-19/h4-12,15-16H,13-14H2,1-3H3,(H2,24,26,27,28,29)/t15-,16-/m1/s1. The summed E-state index contributed by atoms with van der Waals surface area (Å²) in [6.45, 7) is 6.50. The van der Waals surface area contributed by atoms with Crippen LogP contribution in [0.2, 0.25) is 0 Å². The van der Waals surface area contributed by atoms with Gasteiger partial charge < -0.3 is 24.7 Å². The fraction of sp³-hybridized carbons (Fsp3) is 0.304. The first-order valence-electron chi connectivity index (χ1n) is 10.7. The normalized spacial score (nSPS) is 18.2. The number of imidazole rings is 1. The second kappa shape index (κ2) is 8.33. The molecule has 0 unspecified atom stereocenters. The van der Waals surface area contributed by atoms with Gasteiger partial charge in [-0.25, -0.2) is 9.97 Å². The molecule has 1 aliphatic rings. The summed E-state index contributed by atoms with van der Waals surface area (Å²) in [4.78, 5) is 20.5. The number of methoxy groups -OCH3 is 1. The molecule has 32 heavy (non-hydrogen) atoms. The summed E-state index contributed by atoms with van der Waals surface area (Å²) < 4.78 is 7.27. The Balaban J connectivity index is 1.48. The van der Waals surface area contributed by atoms with Crippen LogP contribution in [0.1, 0.15) is 13.8 Å². The highest BCUT2D eigenvalue weighted by atomic mass is 16.5. The predicted molar refractivity (Wildman–Crippen MR) is 125 cm³/mol. The first kappa shape index (κ1) is 20.0. The highest BCUT2D eigenvalue weighted by Crippen LogP contribution is 2.30. The molecule has 0 radical (unpaired) electrons. The number of pyridine rings is 2. The van der Waals surface area contributed by atoms with E-state index in [9.17, 15) is 0 Å². The molecule has 164 valence electrons. The van der Waals surface area contributed by atoms with E-state index in [4.69, 9.17) is 9.72 Å². The molecule has 0 spiro atoms. The van der Waals surface area contributed by atoms with E-state index >= 15 is 0 Å². The predicted octanol–water partition coefficient (Wildman–Crippen LogP) is 4.11. The Morgan fingerprint density at radius 2 is 1.75 bits per heavy atom. The zero-order valence-electron chi connectivity index (χ0n) is 18.4. The van der Waals surface area contributed by atoms with E-state index < -0.39 is 0 Å². The van der Waals surface area contributed by atoms with Crippen LogP contribution in [-0.4, -0.2) is 44.5 Å². The van der Waals surface area contributed by atoms with Crippen LogP contribution in [0.5, 0.6) is 5.75 Å². The molecule has 9 heteroatoms. The molecule has 0 saturated carbocycles. The lowest BCUT2D eigenvalue weighted by atomic mass is 10.0. The number of hydrogen-bond donors (Lipinski definition) is 2. The van der Waals surface area contributed by atoms with Crippen LogP contribution in [0.3, 0.4) is 0 Å². The molecule has 0 aliphatic carbocycles. The second-order valence-electron chi connectivity index (χ2n) is 8.23. The Morgan fingerprint density at radius 3 is 2.56 bits per heavy atom. The number of nitrogens with one attached hydrogen (secondary N) is 2. The lowest BCUT2D eigenvalue weighted by Gasteiger charge is -2.19. The molecule has 0 aromatic carbocycles. The van der Waals surface area contributed by atoms with Crippen LogP contribution >= 0.6 is 0 Å². The number of nitrogens with zero attached hydrogens (tertiary/aromatic N) is 6. The van der Waals surface area contributed by atoms with Gasteiger partial charge in [-0.3, -0.25) is 0 Å². The van der Waals surface area contributed by atoms with Crippen LogP contribution in [0.4, 0.5) is 29.1 Å². The van der Waals surface area contributed by atoms with Gasteiger partial charge in [0, 0.05) is 61.8 Å². The van der Waals surface area contributed by atoms with Gasteiger partial charge in [-0.15, -0.1) is 0 Å². The number of ether oxygens (including phenoxy) is 1. The van der Waals surface area contributed by atoms with Crippen molar-refractivity contribution in [3.05, 3.63) is 55.1 Å². The zero-order valence-corrected chi connectivity index (χ0v) is 18.4. The van der Waals surface area contributed by atoms with Crippen molar-refractivity contribution >= 4 is 34.7 Å². The lowest BCUT2D eigenvalue weighted by molar-refractivity contribution is 0.414. The first-order valence-corrected chi connectivity index (χ1v) is 10.7. The Kier molecular flexibility index (Phi) is 5.22. The largest absolute Gasteiger partial charge is 0.497 e. The Labute approximate surface area is 186 Å². The molecular formula is C23H26N8O. The maximum absolute atomic E-state index is 5.30. The molecule has 2 atom stereocenters. The van der Waals surface area contributed by atoms with Crippen molar-refractivity contribution in [2.75, 3.05) is 35.7 Å². The molecule has 9 nitrogen and oxygen atoms in total. The van der Waals surface area contributed by atoms with Crippen LogP contribution in [0.15, 0.2) is 55.1 Å². The molecular weight excluding hydrogens is 404 g/mol. The van der Waals surface area contributed by atoms with E-state index in [0.29, 0.717) is 35.2 Å². The number of rotatable bonds is 6. The monoisotopic (exact) mass is 430 g/mol. The van der Waals surface area contributed by atoms with Crippen LogP contribution < -0.4 is 20.3 Å². The fourth-order valence-corrected chi connectivity index (χ4v) is 3.89. The third-order valence-electron chi connectivity index (χ3n) is 5.90. The number of hydrogen-bond acceptors (Lipinski definition) is 8. The molecule has 5 heterocycles. The zero-order chi connectivity index (χ0) is 22.1. The minimum absolute atomic E-state index is 0.472. The lowest BCUT2D eigenvalue weighted by Crippen LogP contribution is -2.21. The average molecular weight is 431 g/mol. The van der Waals surface area contributed by atoms with Crippen molar-refractivity contribution in [2.45, 2.75) is 13.8 Å². The summed E-state index contributed by atoms with van der Waals surface area (Å²) in [5, 5.41) is 6.62. The Morgan fingerprint density at radius 1 is 0.906 bits per heavy atom. The van der Waals surface area contributed by atoms with Crippen molar-refractivity contribution in [1.29, 1.82) is 0 Å². The van der Waals surface area contributed by atoms with E-state index in [1.54, 1.807) is 25.6 Å². The minimum Gasteiger partial charge on any atom is -0.497 e. The molecule has 4 aromatic rings. The van der Waals surface area contributed by atoms with Gasteiger partial charge in [0.25, 0.3) is 0 Å². The van der Waals surface area contributed by atoms with Crippen LogP contribution in [0, 0.1) is 11.8 Å². The van der Waals surface area contributed by atoms with E-state index in [1.165, 1.54) is 0 Å². The van der Waals surface area contributed by atoms with Gasteiger partial charge in [0.15, 0.2) is 0 Å². The minimum atomic E-state index is 0.472. The van der Waals surface area contributed by atoms with Gasteiger partial charge >= 0.3 is 0 Å². The maximum Gasteiger partial charge on any atom is 0.232 e. The van der Waals surface area contributed by atoms with E-state index in [1.807, 2.05) is 41.1 Å². The van der Waals surface area contributed by atoms with Gasteiger partial charge in [0.2, 0.25) is 5.95 Å². The summed E-state index contributed by atoms with van der Waals surface area (Å²) in [5.41, 5.74) is 1.77. The molecule has 1 fully saturated rings. The van der Waals surface area contributed by atoms with Crippen molar-refractivity contribution in [2.24, 2.45) is 11.8 Å². The molecule has 1 aliphatic heterocycles. The van der Waals surface area contributed by atoms with Crippen molar-refractivity contribution in [1.82, 2.24) is 24.3 Å². The van der Waals surface area contributed by atoms with Crippen molar-refractivity contribution in [3.63, 3.8) is 0 Å².